The van der Waals surface area contributed by atoms with Crippen LogP contribution in [-0.2, 0) is 9.53 Å². The average molecular weight is 395 g/mol. The van der Waals surface area contributed by atoms with Gasteiger partial charge < -0.3 is 9.64 Å². The smallest absolute Gasteiger partial charge is 0.188 e. The minimum atomic E-state index is -0.525. The molecule has 23 heavy (non-hydrogen) atoms. The summed E-state index contributed by atoms with van der Waals surface area (Å²) in [6.07, 6.45) is 1.32. The van der Waals surface area contributed by atoms with Gasteiger partial charge in [0.15, 0.2) is 17.6 Å². The van der Waals surface area contributed by atoms with E-state index in [9.17, 15) is 4.79 Å². The standard InChI is InChI=1S/C17H19BrN2O2S/c1-11(2)7-14-9-22-16(8-21)20(14)17-19-15(10-23-17)12-3-5-13(18)6-4-12/h3-6,8,10-11,14,16H,7,9H2,1-2H3/t14-,16?/m0/s1. The number of hydrogen-bond acceptors (Lipinski definition) is 5. The number of hydrogen-bond donors (Lipinski definition) is 0. The van der Waals surface area contributed by atoms with Gasteiger partial charge in [0.2, 0.25) is 0 Å². The van der Waals surface area contributed by atoms with Gasteiger partial charge in [-0.3, -0.25) is 4.79 Å². The summed E-state index contributed by atoms with van der Waals surface area (Å²) in [5, 5.41) is 2.88. The predicted octanol–water partition coefficient (Wildman–Crippen LogP) is 4.35. The molecule has 0 radical (unpaired) electrons. The van der Waals surface area contributed by atoms with Crippen LogP contribution in [0.4, 0.5) is 5.13 Å². The number of aromatic nitrogens is 1. The van der Waals surface area contributed by atoms with E-state index in [2.05, 4.69) is 29.8 Å². The fraction of sp³-hybridized carbons (Fsp3) is 0.412. The summed E-state index contributed by atoms with van der Waals surface area (Å²) in [5.74, 6) is 0.544. The Kier molecular flexibility index (Phi) is 5.14. The van der Waals surface area contributed by atoms with Crippen LogP contribution >= 0.6 is 27.3 Å². The van der Waals surface area contributed by atoms with Crippen LogP contribution in [0, 0.1) is 5.92 Å². The minimum Gasteiger partial charge on any atom is -0.349 e. The van der Waals surface area contributed by atoms with Gasteiger partial charge in [0.05, 0.1) is 18.3 Å². The van der Waals surface area contributed by atoms with Crippen molar-refractivity contribution in [2.45, 2.75) is 32.5 Å². The van der Waals surface area contributed by atoms with Crippen molar-refractivity contribution in [3.05, 3.63) is 34.1 Å². The maximum absolute atomic E-state index is 11.3. The van der Waals surface area contributed by atoms with Crippen LogP contribution < -0.4 is 4.90 Å². The first kappa shape index (κ1) is 16.6. The molecule has 1 aromatic carbocycles. The van der Waals surface area contributed by atoms with Crippen molar-refractivity contribution in [1.82, 2.24) is 4.98 Å². The molecule has 1 fully saturated rings. The maximum Gasteiger partial charge on any atom is 0.188 e. The largest absolute Gasteiger partial charge is 0.349 e. The molecule has 2 atom stereocenters. The van der Waals surface area contributed by atoms with E-state index in [1.165, 1.54) is 0 Å². The lowest BCUT2D eigenvalue weighted by molar-refractivity contribution is -0.115. The van der Waals surface area contributed by atoms with Crippen molar-refractivity contribution in [2.75, 3.05) is 11.5 Å². The fourth-order valence-corrected chi connectivity index (χ4v) is 4.01. The van der Waals surface area contributed by atoms with Gasteiger partial charge in [0.1, 0.15) is 0 Å². The highest BCUT2D eigenvalue weighted by Crippen LogP contribution is 2.34. The van der Waals surface area contributed by atoms with Crippen LogP contribution in [0.1, 0.15) is 20.3 Å². The van der Waals surface area contributed by atoms with Gasteiger partial charge in [-0.1, -0.05) is 41.9 Å². The predicted molar refractivity (Wildman–Crippen MR) is 96.8 cm³/mol. The molecule has 3 rings (SSSR count). The molecule has 1 aliphatic heterocycles. The third kappa shape index (κ3) is 3.65. The lowest BCUT2D eigenvalue weighted by Gasteiger charge is -2.26. The fourth-order valence-electron chi connectivity index (χ4n) is 2.81. The molecule has 6 heteroatoms. The Morgan fingerprint density at radius 2 is 2.17 bits per heavy atom. The van der Waals surface area contributed by atoms with Crippen molar-refractivity contribution < 1.29 is 9.53 Å². The lowest BCUT2D eigenvalue weighted by Crippen LogP contribution is -2.38. The van der Waals surface area contributed by atoms with Gasteiger partial charge in [0.25, 0.3) is 0 Å². The highest BCUT2D eigenvalue weighted by Gasteiger charge is 2.36. The number of carbonyl (C=O) groups excluding carboxylic acids is 1. The Labute approximate surface area is 148 Å². The molecule has 1 saturated heterocycles. The number of nitrogens with zero attached hydrogens (tertiary/aromatic N) is 2. The van der Waals surface area contributed by atoms with Gasteiger partial charge in [-0.15, -0.1) is 11.3 Å². The van der Waals surface area contributed by atoms with Gasteiger partial charge in [0, 0.05) is 15.4 Å². The van der Waals surface area contributed by atoms with E-state index < -0.39 is 6.23 Å². The molecule has 2 heterocycles. The van der Waals surface area contributed by atoms with Crippen LogP contribution in [0.15, 0.2) is 34.1 Å². The van der Waals surface area contributed by atoms with Crippen LogP contribution in [0.5, 0.6) is 0 Å². The second kappa shape index (κ2) is 7.11. The Morgan fingerprint density at radius 1 is 1.43 bits per heavy atom. The van der Waals surface area contributed by atoms with E-state index in [0.717, 1.165) is 33.6 Å². The van der Waals surface area contributed by atoms with Crippen molar-refractivity contribution in [2.24, 2.45) is 5.92 Å². The topological polar surface area (TPSA) is 42.4 Å². The van der Waals surface area contributed by atoms with Crippen molar-refractivity contribution in [3.8, 4) is 11.3 Å². The number of anilines is 1. The van der Waals surface area contributed by atoms with Gasteiger partial charge in [-0.25, -0.2) is 4.98 Å². The van der Waals surface area contributed by atoms with Crippen molar-refractivity contribution >= 4 is 38.7 Å². The Morgan fingerprint density at radius 3 is 2.83 bits per heavy atom. The Hall–Kier alpha value is -1.24. The highest BCUT2D eigenvalue weighted by atomic mass is 79.9. The van der Waals surface area contributed by atoms with E-state index in [0.29, 0.717) is 12.5 Å². The molecule has 1 unspecified atom stereocenters. The summed E-state index contributed by atoms with van der Waals surface area (Å²) < 4.78 is 6.68. The summed E-state index contributed by atoms with van der Waals surface area (Å²) in [4.78, 5) is 18.1. The van der Waals surface area contributed by atoms with Crippen molar-refractivity contribution in [3.63, 3.8) is 0 Å². The molecule has 1 aromatic heterocycles. The van der Waals surface area contributed by atoms with Crippen LogP contribution in [0.2, 0.25) is 0 Å². The lowest BCUT2D eigenvalue weighted by atomic mass is 10.0. The highest BCUT2D eigenvalue weighted by molar-refractivity contribution is 9.10. The molecule has 0 aliphatic carbocycles. The van der Waals surface area contributed by atoms with Crippen LogP contribution in [-0.4, -0.2) is 30.1 Å². The molecule has 122 valence electrons. The second-order valence-corrected chi connectivity index (χ2v) is 7.83. The number of thiazole rings is 1. The zero-order valence-corrected chi connectivity index (χ0v) is 15.5. The zero-order chi connectivity index (χ0) is 16.4. The zero-order valence-electron chi connectivity index (χ0n) is 13.1. The molecule has 0 N–H and O–H groups in total. The van der Waals surface area contributed by atoms with E-state index in [-0.39, 0.29) is 6.04 Å². The first-order valence-electron chi connectivity index (χ1n) is 7.65. The summed E-state index contributed by atoms with van der Waals surface area (Å²) in [5.41, 5.74) is 2.00. The minimum absolute atomic E-state index is 0.203. The molecule has 1 aliphatic rings. The molecular formula is C17H19BrN2O2S. The second-order valence-electron chi connectivity index (χ2n) is 6.07. The van der Waals surface area contributed by atoms with E-state index in [4.69, 9.17) is 9.72 Å². The Bertz CT molecular complexity index is 671. The number of halogens is 1. The molecule has 0 saturated carbocycles. The summed E-state index contributed by atoms with van der Waals surface area (Å²) in [7, 11) is 0. The number of aldehydes is 1. The first-order valence-corrected chi connectivity index (χ1v) is 9.32. The number of rotatable bonds is 5. The van der Waals surface area contributed by atoms with E-state index >= 15 is 0 Å². The SMILES string of the molecule is CC(C)C[C@H]1COC(C=O)N1c1nc(-c2ccc(Br)cc2)cs1. The number of benzene rings is 1. The molecule has 0 spiro atoms. The average Bonchev–Trinajstić information content (AvgIpc) is 3.13. The quantitative estimate of drug-likeness (QED) is 0.706. The molecular weight excluding hydrogens is 376 g/mol. The summed E-state index contributed by atoms with van der Waals surface area (Å²) in [6.45, 7) is 4.94. The third-order valence-corrected chi connectivity index (χ3v) is 5.22. The Balaban J connectivity index is 1.87. The van der Waals surface area contributed by atoms with Gasteiger partial charge in [-0.2, -0.15) is 0 Å². The van der Waals surface area contributed by atoms with Gasteiger partial charge >= 0.3 is 0 Å². The third-order valence-electron chi connectivity index (χ3n) is 3.84. The maximum atomic E-state index is 11.3. The van der Waals surface area contributed by atoms with Crippen molar-refractivity contribution in [1.29, 1.82) is 0 Å². The number of ether oxygens (including phenoxy) is 1. The molecule has 4 nitrogen and oxygen atoms in total. The molecule has 2 aromatic rings. The summed E-state index contributed by atoms with van der Waals surface area (Å²) >= 11 is 5.00. The van der Waals surface area contributed by atoms with Crippen LogP contribution in [0.25, 0.3) is 11.3 Å². The molecule has 0 amide bonds. The van der Waals surface area contributed by atoms with Crippen LogP contribution in [0.3, 0.4) is 0 Å². The summed E-state index contributed by atoms with van der Waals surface area (Å²) in [6, 6.07) is 8.28. The first-order chi connectivity index (χ1) is 11.1. The normalized spacial score (nSPS) is 21.1. The number of carbonyl (C=O) groups is 1. The van der Waals surface area contributed by atoms with Gasteiger partial charge in [-0.05, 0) is 24.5 Å². The monoisotopic (exact) mass is 394 g/mol. The van der Waals surface area contributed by atoms with E-state index in [1.54, 1.807) is 11.3 Å². The van der Waals surface area contributed by atoms with E-state index in [1.807, 2.05) is 34.5 Å². The molecule has 0 bridgehead atoms.